The normalized spacial score (nSPS) is 21.0. The van der Waals surface area contributed by atoms with E-state index >= 15 is 0 Å². The molecule has 4 heterocycles. The van der Waals surface area contributed by atoms with Gasteiger partial charge in [0.1, 0.15) is 12.4 Å². The lowest BCUT2D eigenvalue weighted by Gasteiger charge is -2.42. The lowest BCUT2D eigenvalue weighted by Crippen LogP contribution is -2.55. The summed E-state index contributed by atoms with van der Waals surface area (Å²) < 4.78 is 6.27. The summed E-state index contributed by atoms with van der Waals surface area (Å²) in [6, 6.07) is 18.6. The highest BCUT2D eigenvalue weighted by atomic mass is 16.5. The van der Waals surface area contributed by atoms with Crippen LogP contribution in [0, 0.1) is 17.4 Å². The minimum absolute atomic E-state index is 0.137. The Hall–Kier alpha value is -4.16. The molecule has 211 valence electrons. The summed E-state index contributed by atoms with van der Waals surface area (Å²) in [4.78, 5) is 31.1. The number of piperazine rings is 1. The number of rotatable bonds is 7. The second kappa shape index (κ2) is 11.8. The van der Waals surface area contributed by atoms with Crippen LogP contribution in [0.1, 0.15) is 30.5 Å². The Morgan fingerprint density at radius 1 is 1.17 bits per heavy atom. The van der Waals surface area contributed by atoms with Gasteiger partial charge in [0.05, 0.1) is 30.8 Å². The quantitative estimate of drug-likeness (QED) is 0.413. The summed E-state index contributed by atoms with van der Waals surface area (Å²) >= 11 is 0. The highest BCUT2D eigenvalue weighted by Crippen LogP contribution is 2.35. The van der Waals surface area contributed by atoms with Gasteiger partial charge in [0.15, 0.2) is 0 Å². The summed E-state index contributed by atoms with van der Waals surface area (Å²) in [6.45, 7) is 8.42. The zero-order valence-corrected chi connectivity index (χ0v) is 23.6. The van der Waals surface area contributed by atoms with Gasteiger partial charge in [-0.05, 0) is 62.5 Å². The SMILES string of the molecule is C=CC(=O)N1CCN(c2nc(OC[C@@H]3CCCN3C)nc3c2CCN(c2c[c]cc4ccccc24)C3)CC1CC#N. The number of nitriles is 1. The van der Waals surface area contributed by atoms with E-state index in [1.165, 1.54) is 23.3 Å². The van der Waals surface area contributed by atoms with E-state index < -0.39 is 0 Å². The van der Waals surface area contributed by atoms with E-state index in [9.17, 15) is 10.1 Å². The monoisotopic (exact) mass is 550 g/mol. The molecule has 0 aliphatic carbocycles. The molecule has 2 atom stereocenters. The van der Waals surface area contributed by atoms with E-state index in [0.717, 1.165) is 48.7 Å². The lowest BCUT2D eigenvalue weighted by atomic mass is 10.0. The second-order valence-electron chi connectivity index (χ2n) is 11.1. The number of ether oxygens (including phenoxy) is 1. The Labute approximate surface area is 241 Å². The molecule has 3 aromatic rings. The van der Waals surface area contributed by atoms with Crippen molar-refractivity contribution in [3.05, 3.63) is 66.4 Å². The first-order valence-corrected chi connectivity index (χ1v) is 14.5. The summed E-state index contributed by atoms with van der Waals surface area (Å²) in [5, 5.41) is 11.9. The Morgan fingerprint density at radius 3 is 2.85 bits per heavy atom. The highest BCUT2D eigenvalue weighted by Gasteiger charge is 2.33. The fourth-order valence-corrected chi connectivity index (χ4v) is 6.42. The number of nitrogens with zero attached hydrogens (tertiary/aromatic N) is 7. The molecule has 1 aromatic heterocycles. The molecule has 0 spiro atoms. The first-order valence-electron chi connectivity index (χ1n) is 14.5. The van der Waals surface area contributed by atoms with Crippen molar-refractivity contribution in [2.24, 2.45) is 0 Å². The maximum Gasteiger partial charge on any atom is 0.318 e. The molecule has 41 heavy (non-hydrogen) atoms. The predicted octanol–water partition coefficient (Wildman–Crippen LogP) is 3.58. The average molecular weight is 551 g/mol. The van der Waals surface area contributed by atoms with Crippen LogP contribution in [0.4, 0.5) is 11.5 Å². The number of carbonyl (C=O) groups is 1. The summed E-state index contributed by atoms with van der Waals surface area (Å²) in [7, 11) is 2.14. The van der Waals surface area contributed by atoms with E-state index in [1.54, 1.807) is 4.90 Å². The van der Waals surface area contributed by atoms with Crippen molar-refractivity contribution in [2.45, 2.75) is 44.3 Å². The van der Waals surface area contributed by atoms with Crippen LogP contribution < -0.4 is 14.5 Å². The number of aromatic nitrogens is 2. The van der Waals surface area contributed by atoms with Gasteiger partial charge in [-0.15, -0.1) is 0 Å². The van der Waals surface area contributed by atoms with Crippen LogP contribution in [-0.2, 0) is 17.8 Å². The van der Waals surface area contributed by atoms with Crippen LogP contribution in [0.2, 0.25) is 0 Å². The van der Waals surface area contributed by atoms with Gasteiger partial charge in [0.25, 0.3) is 0 Å². The Morgan fingerprint density at radius 2 is 2.05 bits per heavy atom. The molecular formula is C32H36N7O2. The molecule has 1 amide bonds. The van der Waals surface area contributed by atoms with Crippen LogP contribution in [0.3, 0.4) is 0 Å². The van der Waals surface area contributed by atoms with E-state index in [4.69, 9.17) is 14.7 Å². The number of likely N-dealkylation sites (N-methyl/N-ethyl adjacent to an activating group) is 1. The zero-order valence-electron chi connectivity index (χ0n) is 23.6. The third-order valence-corrected chi connectivity index (χ3v) is 8.70. The van der Waals surface area contributed by atoms with Crippen molar-refractivity contribution in [2.75, 3.05) is 56.2 Å². The van der Waals surface area contributed by atoms with Gasteiger partial charge >= 0.3 is 6.01 Å². The first-order chi connectivity index (χ1) is 20.1. The molecule has 3 aliphatic rings. The molecule has 2 fully saturated rings. The topological polar surface area (TPSA) is 88.8 Å². The number of carbonyl (C=O) groups excluding carboxylic acids is 1. The van der Waals surface area contributed by atoms with Gasteiger partial charge < -0.3 is 24.3 Å². The molecule has 3 aliphatic heterocycles. The molecular weight excluding hydrogens is 514 g/mol. The third-order valence-electron chi connectivity index (χ3n) is 8.70. The fourth-order valence-electron chi connectivity index (χ4n) is 6.42. The Bertz CT molecular complexity index is 1480. The standard InChI is InChI=1S/C32H36N7O2/c1-3-30(40)39-19-18-38(20-24(39)13-15-33)31-27-14-17-37(29-12-6-9-23-8-4-5-11-26(23)29)21-28(27)34-32(35-31)41-22-25-10-7-16-36(25)2/h3-5,8-9,11-12,24-25H,1,7,10,13-14,16-22H2,2H3/t24?,25-/m0/s1. The smallest absolute Gasteiger partial charge is 0.318 e. The zero-order chi connectivity index (χ0) is 28.3. The van der Waals surface area contributed by atoms with Crippen molar-refractivity contribution >= 4 is 28.2 Å². The van der Waals surface area contributed by atoms with Crippen molar-refractivity contribution < 1.29 is 9.53 Å². The minimum atomic E-state index is -0.229. The number of hydrogen-bond donors (Lipinski definition) is 0. The Kier molecular flexibility index (Phi) is 7.75. The Balaban J connectivity index is 1.33. The molecule has 1 unspecified atom stereocenters. The molecule has 9 nitrogen and oxygen atoms in total. The highest BCUT2D eigenvalue weighted by molar-refractivity contribution is 5.94. The molecule has 6 rings (SSSR count). The van der Waals surface area contributed by atoms with E-state index in [2.05, 4.69) is 70.8 Å². The van der Waals surface area contributed by atoms with Crippen molar-refractivity contribution in [3.63, 3.8) is 0 Å². The number of fused-ring (bicyclic) bond motifs is 2. The van der Waals surface area contributed by atoms with Crippen LogP contribution in [-0.4, -0.2) is 84.1 Å². The largest absolute Gasteiger partial charge is 0.462 e. The van der Waals surface area contributed by atoms with Crippen LogP contribution in [0.25, 0.3) is 10.8 Å². The van der Waals surface area contributed by atoms with E-state index in [1.807, 2.05) is 6.07 Å². The molecule has 9 heteroatoms. The van der Waals surface area contributed by atoms with Crippen LogP contribution in [0.5, 0.6) is 6.01 Å². The van der Waals surface area contributed by atoms with Gasteiger partial charge in [-0.25, -0.2) is 0 Å². The number of likely N-dealkylation sites (tertiary alicyclic amines) is 1. The van der Waals surface area contributed by atoms with Crippen molar-refractivity contribution in [1.29, 1.82) is 5.26 Å². The van der Waals surface area contributed by atoms with Crippen molar-refractivity contribution in [1.82, 2.24) is 19.8 Å². The number of amides is 1. The number of anilines is 2. The lowest BCUT2D eigenvalue weighted by molar-refractivity contribution is -0.128. The maximum absolute atomic E-state index is 12.5. The predicted molar refractivity (Wildman–Crippen MR) is 159 cm³/mol. The molecule has 0 N–H and O–H groups in total. The van der Waals surface area contributed by atoms with Crippen LogP contribution in [0.15, 0.2) is 49.1 Å². The number of benzene rings is 2. The van der Waals surface area contributed by atoms with Gasteiger partial charge in [-0.2, -0.15) is 15.2 Å². The summed E-state index contributed by atoms with van der Waals surface area (Å²) in [5.74, 6) is 0.726. The first kappa shape index (κ1) is 27.0. The van der Waals surface area contributed by atoms with Crippen molar-refractivity contribution in [3.8, 4) is 12.1 Å². The van der Waals surface area contributed by atoms with Gasteiger partial charge in [0.2, 0.25) is 5.91 Å². The maximum atomic E-state index is 12.5. The third kappa shape index (κ3) is 5.44. The van der Waals surface area contributed by atoms with E-state index in [0.29, 0.717) is 44.8 Å². The molecule has 2 saturated heterocycles. The van der Waals surface area contributed by atoms with Gasteiger partial charge in [-0.3, -0.25) is 4.79 Å². The molecule has 1 radical (unpaired) electrons. The summed E-state index contributed by atoms with van der Waals surface area (Å²) in [6.07, 6.45) is 4.65. The van der Waals surface area contributed by atoms with E-state index in [-0.39, 0.29) is 18.4 Å². The number of hydrogen-bond acceptors (Lipinski definition) is 8. The summed E-state index contributed by atoms with van der Waals surface area (Å²) in [5.41, 5.74) is 3.23. The van der Waals surface area contributed by atoms with Crippen LogP contribution >= 0.6 is 0 Å². The second-order valence-corrected chi connectivity index (χ2v) is 11.1. The molecule has 0 bridgehead atoms. The van der Waals surface area contributed by atoms with Gasteiger partial charge in [0, 0.05) is 48.9 Å². The molecule has 0 saturated carbocycles. The van der Waals surface area contributed by atoms with Gasteiger partial charge in [-0.1, -0.05) is 30.8 Å². The molecule has 2 aromatic carbocycles. The minimum Gasteiger partial charge on any atom is -0.462 e. The fraction of sp³-hybridized carbons (Fsp3) is 0.438. The average Bonchev–Trinajstić information content (AvgIpc) is 3.43.